The van der Waals surface area contributed by atoms with Crippen LogP contribution in [-0.2, 0) is 4.79 Å². The Bertz CT molecular complexity index is 1350. The number of nitrogen functional groups attached to an aromatic ring is 1. The Balaban J connectivity index is 1.68. The van der Waals surface area contributed by atoms with Gasteiger partial charge in [-0.2, -0.15) is 5.10 Å². The van der Waals surface area contributed by atoms with Crippen LogP contribution in [0, 0.1) is 25.5 Å². The van der Waals surface area contributed by atoms with E-state index in [1.165, 1.54) is 18.5 Å². The van der Waals surface area contributed by atoms with Crippen molar-refractivity contribution in [2.24, 2.45) is 0 Å². The minimum absolute atomic E-state index is 0.0488. The number of aliphatic hydroxyl groups is 1. The largest absolute Gasteiger partial charge is 0.382 e. The molecule has 4 aromatic rings. The predicted octanol–water partition coefficient (Wildman–Crippen LogP) is 3.62. The van der Waals surface area contributed by atoms with Gasteiger partial charge in [0.1, 0.15) is 23.0 Å². The highest BCUT2D eigenvalue weighted by molar-refractivity contribution is 6.30. The Morgan fingerprint density at radius 3 is 2.66 bits per heavy atom. The van der Waals surface area contributed by atoms with Gasteiger partial charge in [-0.1, -0.05) is 17.7 Å². The predicted molar refractivity (Wildman–Crippen MR) is 116 cm³/mol. The lowest BCUT2D eigenvalue weighted by Crippen LogP contribution is -2.22. The topological polar surface area (TPSA) is 119 Å². The van der Waals surface area contributed by atoms with Gasteiger partial charge in [-0.05, 0) is 49.2 Å². The number of aliphatic hydroxyl groups excluding tert-OH is 1. The molecule has 0 saturated carbocycles. The van der Waals surface area contributed by atoms with Crippen LogP contribution < -0.4 is 11.1 Å². The Morgan fingerprint density at radius 2 is 1.94 bits per heavy atom. The zero-order chi connectivity index (χ0) is 23.2. The van der Waals surface area contributed by atoms with Crippen molar-refractivity contribution in [1.82, 2.24) is 19.7 Å². The molecule has 0 aliphatic heterocycles. The van der Waals surface area contributed by atoms with Crippen molar-refractivity contribution in [2.45, 2.75) is 20.0 Å². The van der Waals surface area contributed by atoms with E-state index in [9.17, 15) is 18.7 Å². The van der Waals surface area contributed by atoms with Crippen LogP contribution in [-0.4, -0.2) is 30.8 Å². The van der Waals surface area contributed by atoms with Crippen LogP contribution in [0.1, 0.15) is 22.9 Å². The fraction of sp³-hybridized carbons (Fsp3) is 0.143. The average Bonchev–Trinajstić information content (AvgIpc) is 3.08. The number of halogens is 3. The number of anilines is 2. The number of hydrogen-bond acceptors (Lipinski definition) is 6. The Labute approximate surface area is 185 Å². The van der Waals surface area contributed by atoms with Crippen molar-refractivity contribution in [3.05, 3.63) is 70.1 Å². The van der Waals surface area contributed by atoms with Gasteiger partial charge in [-0.15, -0.1) is 0 Å². The summed E-state index contributed by atoms with van der Waals surface area (Å²) in [6.45, 7) is 3.39. The van der Waals surface area contributed by atoms with Gasteiger partial charge in [-0.3, -0.25) is 4.79 Å². The van der Waals surface area contributed by atoms with E-state index in [0.717, 1.165) is 16.3 Å². The first-order valence-corrected chi connectivity index (χ1v) is 9.75. The normalized spacial score (nSPS) is 12.2. The minimum Gasteiger partial charge on any atom is -0.382 e. The summed E-state index contributed by atoms with van der Waals surface area (Å²) in [6.07, 6.45) is -0.386. The standard InChI is InChI=1S/C21H17ClF2N6O2/c1-9-5-11(7-12(22)6-9)19(31)21(32)28-13-3-4-14(16(24)15(13)23)30-18-17(10(2)29-30)26-8-27-20(18)25/h3-8,19,31H,1-2H3,(H,28,32)(H2,25,26,27)/t19-/m1/s1. The van der Waals surface area contributed by atoms with Gasteiger partial charge in [0.15, 0.2) is 23.6 Å². The van der Waals surface area contributed by atoms with Crippen molar-refractivity contribution >= 4 is 40.0 Å². The number of hydrogen-bond donors (Lipinski definition) is 3. The van der Waals surface area contributed by atoms with Gasteiger partial charge in [0.25, 0.3) is 5.91 Å². The number of carbonyl (C=O) groups is 1. The van der Waals surface area contributed by atoms with Crippen molar-refractivity contribution in [3.63, 3.8) is 0 Å². The van der Waals surface area contributed by atoms with E-state index in [-0.39, 0.29) is 22.6 Å². The molecule has 0 radical (unpaired) electrons. The molecule has 1 amide bonds. The van der Waals surface area contributed by atoms with E-state index in [0.29, 0.717) is 16.2 Å². The number of nitrogens with one attached hydrogen (secondary N) is 1. The van der Waals surface area contributed by atoms with E-state index in [1.807, 2.05) is 0 Å². The molecule has 11 heteroatoms. The summed E-state index contributed by atoms with van der Waals surface area (Å²) < 4.78 is 30.9. The Kier molecular flexibility index (Phi) is 5.49. The first-order valence-electron chi connectivity index (χ1n) is 9.37. The number of nitrogens with zero attached hydrogens (tertiary/aromatic N) is 4. The molecule has 0 aliphatic carbocycles. The summed E-state index contributed by atoms with van der Waals surface area (Å²) in [5.74, 6) is -3.51. The van der Waals surface area contributed by atoms with Crippen LogP contribution in [0.25, 0.3) is 16.7 Å². The maximum absolute atomic E-state index is 14.9. The van der Waals surface area contributed by atoms with E-state index in [4.69, 9.17) is 17.3 Å². The minimum atomic E-state index is -1.64. The van der Waals surface area contributed by atoms with Crippen molar-refractivity contribution in [3.8, 4) is 5.69 Å². The molecular weight excluding hydrogens is 442 g/mol. The van der Waals surface area contributed by atoms with Crippen LogP contribution in [0.3, 0.4) is 0 Å². The molecule has 4 N–H and O–H groups in total. The summed E-state index contributed by atoms with van der Waals surface area (Å²) >= 11 is 5.96. The molecule has 2 aromatic carbocycles. The average molecular weight is 459 g/mol. The maximum Gasteiger partial charge on any atom is 0.257 e. The first-order chi connectivity index (χ1) is 15.2. The van der Waals surface area contributed by atoms with Crippen LogP contribution >= 0.6 is 11.6 Å². The summed E-state index contributed by atoms with van der Waals surface area (Å²) in [5, 5.41) is 17.0. The molecule has 1 atom stereocenters. The second-order valence-electron chi connectivity index (χ2n) is 7.17. The molecular formula is C21H17ClF2N6O2. The third-order valence-corrected chi connectivity index (χ3v) is 5.05. The second-order valence-corrected chi connectivity index (χ2v) is 7.60. The molecule has 0 unspecified atom stereocenters. The Morgan fingerprint density at radius 1 is 1.19 bits per heavy atom. The summed E-state index contributed by atoms with van der Waals surface area (Å²) in [4.78, 5) is 20.4. The molecule has 164 valence electrons. The highest BCUT2D eigenvalue weighted by Crippen LogP contribution is 2.29. The van der Waals surface area contributed by atoms with Gasteiger partial charge in [-0.25, -0.2) is 23.4 Å². The van der Waals surface area contributed by atoms with Crippen molar-refractivity contribution < 1.29 is 18.7 Å². The third kappa shape index (κ3) is 3.74. The molecule has 4 rings (SSSR count). The number of fused-ring (bicyclic) bond motifs is 1. The number of benzene rings is 2. The molecule has 0 saturated heterocycles. The van der Waals surface area contributed by atoms with E-state index < -0.39 is 29.3 Å². The zero-order valence-corrected chi connectivity index (χ0v) is 17.7. The van der Waals surface area contributed by atoms with Crippen molar-refractivity contribution in [2.75, 3.05) is 11.1 Å². The van der Waals surface area contributed by atoms with E-state index in [1.54, 1.807) is 26.0 Å². The SMILES string of the molecule is Cc1cc(Cl)cc([C@@H](O)C(=O)Nc2ccc(-n3nc(C)c4ncnc(N)c43)c(F)c2F)c1. The number of aromatic nitrogens is 4. The molecule has 2 aromatic heterocycles. The van der Waals surface area contributed by atoms with Crippen molar-refractivity contribution in [1.29, 1.82) is 0 Å². The van der Waals surface area contributed by atoms with Crippen LogP contribution in [0.4, 0.5) is 20.3 Å². The van der Waals surface area contributed by atoms with Gasteiger partial charge >= 0.3 is 0 Å². The number of carbonyl (C=O) groups excluding carboxylic acids is 1. The monoisotopic (exact) mass is 458 g/mol. The number of amides is 1. The molecule has 0 aliphatic rings. The summed E-state index contributed by atoms with van der Waals surface area (Å²) in [7, 11) is 0. The van der Waals surface area contributed by atoms with Gasteiger partial charge < -0.3 is 16.2 Å². The highest BCUT2D eigenvalue weighted by atomic mass is 35.5. The van der Waals surface area contributed by atoms with Crippen LogP contribution in [0.5, 0.6) is 0 Å². The maximum atomic E-state index is 14.9. The van der Waals surface area contributed by atoms with Gasteiger partial charge in [0.2, 0.25) is 0 Å². The highest BCUT2D eigenvalue weighted by Gasteiger charge is 2.24. The smallest absolute Gasteiger partial charge is 0.257 e. The molecule has 0 fully saturated rings. The fourth-order valence-electron chi connectivity index (χ4n) is 3.36. The fourth-order valence-corrected chi connectivity index (χ4v) is 3.66. The van der Waals surface area contributed by atoms with Gasteiger partial charge in [0, 0.05) is 5.02 Å². The number of rotatable bonds is 4. The van der Waals surface area contributed by atoms with Gasteiger partial charge in [0.05, 0.1) is 11.4 Å². The van der Waals surface area contributed by atoms with E-state index in [2.05, 4.69) is 20.4 Å². The molecule has 0 bridgehead atoms. The Hall–Kier alpha value is -3.63. The van der Waals surface area contributed by atoms with Crippen LogP contribution in [0.2, 0.25) is 5.02 Å². The summed E-state index contributed by atoms with van der Waals surface area (Å²) in [6, 6.07) is 7.01. The van der Waals surface area contributed by atoms with E-state index >= 15 is 0 Å². The second kappa shape index (κ2) is 8.13. The lowest BCUT2D eigenvalue weighted by atomic mass is 10.1. The van der Waals surface area contributed by atoms with Crippen LogP contribution in [0.15, 0.2) is 36.7 Å². The zero-order valence-electron chi connectivity index (χ0n) is 16.9. The summed E-state index contributed by atoms with van der Waals surface area (Å²) in [5.41, 5.74) is 7.21. The molecule has 8 nitrogen and oxygen atoms in total. The lowest BCUT2D eigenvalue weighted by molar-refractivity contribution is -0.124. The molecule has 0 spiro atoms. The quantitative estimate of drug-likeness (QED) is 0.430. The molecule has 2 heterocycles. The first kappa shape index (κ1) is 21.6. The third-order valence-electron chi connectivity index (χ3n) is 4.83. The number of aryl methyl sites for hydroxylation is 2. The molecule has 32 heavy (non-hydrogen) atoms. The number of nitrogens with two attached hydrogens (primary N) is 1. The lowest BCUT2D eigenvalue weighted by Gasteiger charge is -2.14.